The third-order valence-corrected chi connectivity index (χ3v) is 3.73. The molecule has 2 N–H and O–H groups in total. The number of benzene rings is 2. The number of hydrogen-bond donors (Lipinski definition) is 1. The summed E-state index contributed by atoms with van der Waals surface area (Å²) in [5.74, 6) is 0.322. The van der Waals surface area contributed by atoms with E-state index in [0.717, 1.165) is 16.9 Å². The first kappa shape index (κ1) is 13.7. The topological polar surface area (TPSA) is 52.3 Å². The van der Waals surface area contributed by atoms with Crippen LogP contribution in [0.3, 0.4) is 0 Å². The van der Waals surface area contributed by atoms with Crippen molar-refractivity contribution in [3.63, 3.8) is 0 Å². The summed E-state index contributed by atoms with van der Waals surface area (Å²) in [4.78, 5) is 11.6. The lowest BCUT2D eigenvalue weighted by Gasteiger charge is -2.18. The Morgan fingerprint density at radius 3 is 2.57 bits per heavy atom. The number of carbonyl (C=O) groups excluding carboxylic acids is 1. The Labute approximate surface area is 128 Å². The molecule has 3 rings (SSSR count). The maximum absolute atomic E-state index is 11.6. The summed E-state index contributed by atoms with van der Waals surface area (Å²) < 4.78 is 6.06. The smallest absolute Gasteiger partial charge is 0.244 e. The summed E-state index contributed by atoms with van der Waals surface area (Å²) in [6, 6.07) is 15.0. The molecule has 1 amide bonds. The zero-order valence-electron chi connectivity index (χ0n) is 11.3. The minimum Gasteiger partial charge on any atom is -0.485 e. The minimum absolute atomic E-state index is 0.260. The number of para-hydroxylation sites is 1. The lowest BCUT2D eigenvalue weighted by Crippen LogP contribution is -2.17. The Morgan fingerprint density at radius 1 is 1.14 bits per heavy atom. The molecular weight excluding hydrogens is 286 g/mol. The fourth-order valence-electron chi connectivity index (χ4n) is 2.38. The van der Waals surface area contributed by atoms with Crippen molar-refractivity contribution in [2.45, 2.75) is 12.5 Å². The van der Waals surface area contributed by atoms with Crippen molar-refractivity contribution < 1.29 is 9.53 Å². The van der Waals surface area contributed by atoms with E-state index in [0.29, 0.717) is 17.0 Å². The fraction of sp³-hybridized carbons (Fsp3) is 0.118. The van der Waals surface area contributed by atoms with Crippen LogP contribution in [0.15, 0.2) is 54.1 Å². The second kappa shape index (κ2) is 5.62. The van der Waals surface area contributed by atoms with Crippen molar-refractivity contribution >= 4 is 23.6 Å². The van der Waals surface area contributed by atoms with Crippen LogP contribution in [-0.4, -0.2) is 5.91 Å². The van der Waals surface area contributed by atoms with Gasteiger partial charge in [0.1, 0.15) is 11.9 Å². The summed E-state index contributed by atoms with van der Waals surface area (Å²) in [6.45, 7) is 0. The van der Waals surface area contributed by atoms with Gasteiger partial charge in [0.2, 0.25) is 5.91 Å². The van der Waals surface area contributed by atoms with Crippen molar-refractivity contribution in [2.75, 3.05) is 0 Å². The number of amides is 1. The summed E-state index contributed by atoms with van der Waals surface area (Å²) in [5.41, 5.74) is 7.85. The zero-order valence-corrected chi connectivity index (χ0v) is 12.0. The van der Waals surface area contributed by atoms with Gasteiger partial charge in [0.05, 0.1) is 0 Å². The van der Waals surface area contributed by atoms with Crippen LogP contribution in [0.25, 0.3) is 6.08 Å². The molecule has 0 fully saturated rings. The Bertz CT molecular complexity index is 707. The average Bonchev–Trinajstić information content (AvgIpc) is 2.67. The molecule has 0 aliphatic carbocycles. The number of ether oxygens (including phenoxy) is 1. The first-order chi connectivity index (χ1) is 10.1. The Kier molecular flexibility index (Phi) is 3.67. The maximum Gasteiger partial charge on any atom is 0.244 e. The number of halogens is 1. The van der Waals surface area contributed by atoms with E-state index in [-0.39, 0.29) is 6.10 Å². The molecule has 1 heterocycles. The quantitative estimate of drug-likeness (QED) is 0.918. The van der Waals surface area contributed by atoms with E-state index in [4.69, 9.17) is 22.1 Å². The molecule has 0 radical (unpaired) electrons. The van der Waals surface area contributed by atoms with Gasteiger partial charge < -0.3 is 10.5 Å². The first-order valence-electron chi connectivity index (χ1n) is 6.65. The van der Waals surface area contributed by atoms with Gasteiger partial charge in [-0.05, 0) is 29.8 Å². The lowest BCUT2D eigenvalue weighted by molar-refractivity contribution is -0.114. The molecule has 0 bridgehead atoms. The van der Waals surface area contributed by atoms with Gasteiger partial charge in [0, 0.05) is 22.6 Å². The number of rotatable bonds is 2. The molecular formula is C17H14ClNO2. The van der Waals surface area contributed by atoms with Gasteiger partial charge in [-0.15, -0.1) is 0 Å². The summed E-state index contributed by atoms with van der Waals surface area (Å²) in [5, 5.41) is 0.665. The third-order valence-electron chi connectivity index (χ3n) is 3.48. The average molecular weight is 300 g/mol. The Morgan fingerprint density at radius 2 is 1.86 bits per heavy atom. The minimum atomic E-state index is -0.422. The summed E-state index contributed by atoms with van der Waals surface area (Å²) in [6.07, 6.45) is 1.98. The lowest BCUT2D eigenvalue weighted by atomic mass is 10.0. The number of hydrogen-bond acceptors (Lipinski definition) is 2. The van der Waals surface area contributed by atoms with Crippen LogP contribution in [-0.2, 0) is 4.79 Å². The van der Waals surface area contributed by atoms with Crippen LogP contribution in [0.1, 0.15) is 23.7 Å². The van der Waals surface area contributed by atoms with E-state index < -0.39 is 5.91 Å². The van der Waals surface area contributed by atoms with Crippen molar-refractivity contribution in [1.82, 2.24) is 0 Å². The van der Waals surface area contributed by atoms with E-state index in [1.54, 1.807) is 6.08 Å². The van der Waals surface area contributed by atoms with Gasteiger partial charge in [-0.2, -0.15) is 0 Å². The monoisotopic (exact) mass is 299 g/mol. The predicted molar refractivity (Wildman–Crippen MR) is 83.1 cm³/mol. The number of nitrogens with two attached hydrogens (primary N) is 1. The van der Waals surface area contributed by atoms with Gasteiger partial charge in [0.15, 0.2) is 0 Å². The highest BCUT2D eigenvalue weighted by molar-refractivity contribution is 6.30. The molecule has 21 heavy (non-hydrogen) atoms. The van der Waals surface area contributed by atoms with E-state index >= 15 is 0 Å². The number of carbonyl (C=O) groups is 1. The molecule has 4 heteroatoms. The third kappa shape index (κ3) is 2.93. The molecule has 1 aliphatic heterocycles. The van der Waals surface area contributed by atoms with E-state index in [2.05, 4.69) is 0 Å². The van der Waals surface area contributed by atoms with Crippen LogP contribution in [0.4, 0.5) is 0 Å². The molecule has 0 aromatic heterocycles. The van der Waals surface area contributed by atoms with Crippen LogP contribution >= 0.6 is 11.6 Å². The van der Waals surface area contributed by atoms with Crippen LogP contribution in [0.2, 0.25) is 5.02 Å². The highest BCUT2D eigenvalue weighted by atomic mass is 35.5. The molecule has 1 aliphatic rings. The molecule has 0 spiro atoms. The van der Waals surface area contributed by atoms with Gasteiger partial charge in [-0.1, -0.05) is 41.9 Å². The van der Waals surface area contributed by atoms with Crippen LogP contribution in [0.5, 0.6) is 5.75 Å². The number of primary amides is 1. The highest BCUT2D eigenvalue weighted by Crippen LogP contribution is 2.35. The summed E-state index contributed by atoms with van der Waals surface area (Å²) >= 11 is 5.92. The van der Waals surface area contributed by atoms with Crippen LogP contribution < -0.4 is 10.5 Å². The Hall–Kier alpha value is -2.26. The van der Waals surface area contributed by atoms with Crippen molar-refractivity contribution in [1.29, 1.82) is 0 Å². The van der Waals surface area contributed by atoms with Gasteiger partial charge in [-0.25, -0.2) is 0 Å². The van der Waals surface area contributed by atoms with Crippen molar-refractivity contribution in [2.24, 2.45) is 5.73 Å². The molecule has 1 unspecified atom stereocenters. The molecule has 3 nitrogen and oxygen atoms in total. The van der Waals surface area contributed by atoms with Gasteiger partial charge >= 0.3 is 0 Å². The molecule has 2 aromatic rings. The SMILES string of the molecule is NC(=O)C1=Cc2ccccc2OC(c2ccc(Cl)cc2)C1. The predicted octanol–water partition coefficient (Wildman–Crippen LogP) is 3.73. The number of fused-ring (bicyclic) bond motifs is 1. The molecule has 0 saturated carbocycles. The molecule has 2 aromatic carbocycles. The normalized spacial score (nSPS) is 17.2. The second-order valence-corrected chi connectivity index (χ2v) is 5.37. The van der Waals surface area contributed by atoms with Crippen molar-refractivity contribution in [3.8, 4) is 5.75 Å². The van der Waals surface area contributed by atoms with E-state index in [1.165, 1.54) is 0 Å². The van der Waals surface area contributed by atoms with Gasteiger partial charge in [0.25, 0.3) is 0 Å². The van der Waals surface area contributed by atoms with Crippen LogP contribution in [0, 0.1) is 0 Å². The first-order valence-corrected chi connectivity index (χ1v) is 7.03. The molecule has 106 valence electrons. The summed E-state index contributed by atoms with van der Waals surface area (Å²) in [7, 11) is 0. The standard InChI is InChI=1S/C17H14ClNO2/c18-14-7-5-11(6-8-14)16-10-13(17(19)20)9-12-3-1-2-4-15(12)21-16/h1-9,16H,10H2,(H2,19,20). The largest absolute Gasteiger partial charge is 0.485 e. The highest BCUT2D eigenvalue weighted by Gasteiger charge is 2.22. The van der Waals surface area contributed by atoms with Gasteiger partial charge in [-0.3, -0.25) is 4.79 Å². The Balaban J connectivity index is 2.03. The fourth-order valence-corrected chi connectivity index (χ4v) is 2.51. The van der Waals surface area contributed by atoms with E-state index in [1.807, 2.05) is 48.5 Å². The molecule has 0 saturated heterocycles. The zero-order chi connectivity index (χ0) is 14.8. The maximum atomic E-state index is 11.6. The van der Waals surface area contributed by atoms with E-state index in [9.17, 15) is 4.79 Å². The second-order valence-electron chi connectivity index (χ2n) is 4.93. The van der Waals surface area contributed by atoms with Crippen molar-refractivity contribution in [3.05, 3.63) is 70.3 Å². The molecule has 1 atom stereocenters.